The zero-order chi connectivity index (χ0) is 41.9. The van der Waals surface area contributed by atoms with Gasteiger partial charge in [-0.1, -0.05) is 115 Å². The van der Waals surface area contributed by atoms with E-state index >= 15 is 0 Å². The Morgan fingerprint density at radius 2 is 1.08 bits per heavy atom. The van der Waals surface area contributed by atoms with Crippen LogP contribution in [-0.4, -0.2) is 10.7 Å². The van der Waals surface area contributed by atoms with Gasteiger partial charge in [0.05, 0.1) is 29.5 Å². The summed E-state index contributed by atoms with van der Waals surface area (Å²) in [5.41, 5.74) is 11.5. The van der Waals surface area contributed by atoms with E-state index in [-0.39, 0.29) is 18.5 Å². The van der Waals surface area contributed by atoms with Gasteiger partial charge in [0.25, 0.3) is 0 Å². The molecule has 3 N–H and O–H groups in total. The van der Waals surface area contributed by atoms with Crippen LogP contribution in [-0.2, 0) is 0 Å². The molecule has 0 spiro atoms. The highest BCUT2D eigenvalue weighted by Crippen LogP contribution is 2.39. The number of rotatable bonds is 5. The zero-order valence-electron chi connectivity index (χ0n) is 34.6. The van der Waals surface area contributed by atoms with Crippen molar-refractivity contribution < 1.29 is 4.42 Å². The lowest BCUT2D eigenvalue weighted by Gasteiger charge is -2.40. The van der Waals surface area contributed by atoms with Crippen molar-refractivity contribution in [1.29, 1.82) is 0 Å². The van der Waals surface area contributed by atoms with Crippen LogP contribution < -0.4 is 25.7 Å². The van der Waals surface area contributed by atoms with Crippen molar-refractivity contribution in [2.24, 2.45) is 0 Å². The number of hydrogen-bond donors (Lipinski definition) is 3. The second kappa shape index (κ2) is 14.3. The molecule has 2 aliphatic rings. The summed E-state index contributed by atoms with van der Waals surface area (Å²) in [5.74, 6) is 0. The Bertz CT molecular complexity index is 3930. The molecule has 5 heterocycles. The van der Waals surface area contributed by atoms with Crippen molar-refractivity contribution >= 4 is 108 Å². The third-order valence-corrected chi connectivity index (χ3v) is 15.9. The zero-order valence-corrected chi connectivity index (χ0v) is 36.3. The van der Waals surface area contributed by atoms with E-state index in [0.717, 1.165) is 46.0 Å². The number of para-hydroxylation sites is 2. The molecule has 0 bridgehead atoms. The van der Waals surface area contributed by atoms with Crippen molar-refractivity contribution in [2.75, 3.05) is 0 Å². The van der Waals surface area contributed by atoms with Crippen molar-refractivity contribution in [1.82, 2.24) is 20.5 Å². The predicted molar refractivity (Wildman–Crippen MR) is 270 cm³/mol. The third-order valence-electron chi connectivity index (χ3n) is 13.6. The minimum absolute atomic E-state index is 0.0357. The van der Waals surface area contributed by atoms with Crippen LogP contribution in [0.4, 0.5) is 0 Å². The molecule has 5 nitrogen and oxygen atoms in total. The lowest BCUT2D eigenvalue weighted by atomic mass is 9.95. The minimum atomic E-state index is -0.0537. The Labute approximate surface area is 376 Å². The highest BCUT2D eigenvalue weighted by Gasteiger charge is 2.32. The molecular weight excluding hydrogens is 821 g/mol. The first kappa shape index (κ1) is 36.6. The molecule has 14 rings (SSSR count). The van der Waals surface area contributed by atoms with E-state index in [4.69, 9.17) is 4.42 Å². The van der Waals surface area contributed by atoms with E-state index < -0.39 is 0 Å². The minimum Gasteiger partial charge on any atom is -0.456 e. The van der Waals surface area contributed by atoms with Gasteiger partial charge in [-0.2, -0.15) is 0 Å². The van der Waals surface area contributed by atoms with Crippen LogP contribution in [0.1, 0.15) is 36.3 Å². The topological polar surface area (TPSA) is 54.2 Å². The number of nitrogens with zero attached hydrogens (tertiary/aromatic N) is 1. The molecule has 1 aliphatic carbocycles. The third kappa shape index (κ3) is 5.72. The normalized spacial score (nSPS) is 17.9. The van der Waals surface area contributed by atoms with Crippen LogP contribution in [0.2, 0.25) is 0 Å². The van der Waals surface area contributed by atoms with Gasteiger partial charge in [-0.25, -0.2) is 0 Å². The molecule has 4 aromatic heterocycles. The van der Waals surface area contributed by atoms with Gasteiger partial charge in [0.1, 0.15) is 11.2 Å². The summed E-state index contributed by atoms with van der Waals surface area (Å²) in [7, 11) is 0. The number of furan rings is 1. The molecule has 12 aromatic rings. The molecule has 0 radical (unpaired) electrons. The number of thiophene rings is 2. The number of nitrogens with one attached hydrogen (secondary N) is 3. The fourth-order valence-electron chi connectivity index (χ4n) is 10.6. The maximum atomic E-state index is 6.73. The maximum absolute atomic E-state index is 6.73. The van der Waals surface area contributed by atoms with E-state index in [9.17, 15) is 0 Å². The van der Waals surface area contributed by atoms with Gasteiger partial charge in [-0.15, -0.1) is 22.7 Å². The van der Waals surface area contributed by atoms with Gasteiger partial charge in [-0.05, 0) is 101 Å². The number of benzene rings is 8. The van der Waals surface area contributed by atoms with Crippen molar-refractivity contribution in [3.8, 4) is 16.8 Å². The van der Waals surface area contributed by atoms with Gasteiger partial charge in [0, 0.05) is 73.3 Å². The quantitative estimate of drug-likeness (QED) is 0.161. The summed E-state index contributed by atoms with van der Waals surface area (Å²) in [6, 6.07) is 64.2. The fourth-order valence-corrected chi connectivity index (χ4v) is 13.0. The molecule has 8 aromatic carbocycles. The van der Waals surface area contributed by atoms with Crippen LogP contribution in [0.3, 0.4) is 0 Å². The molecule has 64 heavy (non-hydrogen) atoms. The molecule has 0 saturated carbocycles. The fraction of sp³-hybridized carbons (Fsp3) is 0.0877. The predicted octanol–water partition coefficient (Wildman–Crippen LogP) is 13.2. The Kier molecular flexibility index (Phi) is 8.21. The second-order valence-corrected chi connectivity index (χ2v) is 19.4. The van der Waals surface area contributed by atoms with E-state index in [1.54, 1.807) is 0 Å². The summed E-state index contributed by atoms with van der Waals surface area (Å²) in [4.78, 5) is 0. The van der Waals surface area contributed by atoms with E-state index in [1.165, 1.54) is 84.1 Å². The SMILES string of the molecule is C1=c2sc3ccc(-c4ccc5c(c4)oc4cc(-n6c7ccccc7c7ccccc76)ccc45)cc3c2=C(C2NC(c3ccccc3)NC(c3ccc4c(c3)sc3ccccc34)N2)CC1. The molecule has 0 amide bonds. The molecule has 1 saturated heterocycles. The Morgan fingerprint density at radius 3 is 1.91 bits per heavy atom. The molecule has 306 valence electrons. The van der Waals surface area contributed by atoms with Crippen molar-refractivity contribution in [2.45, 2.75) is 31.3 Å². The van der Waals surface area contributed by atoms with Crippen molar-refractivity contribution in [3.05, 3.63) is 197 Å². The molecule has 3 unspecified atom stereocenters. The summed E-state index contributed by atoms with van der Waals surface area (Å²) >= 11 is 3.78. The smallest absolute Gasteiger partial charge is 0.137 e. The Morgan fingerprint density at radius 1 is 0.453 bits per heavy atom. The van der Waals surface area contributed by atoms with Crippen molar-refractivity contribution in [3.63, 3.8) is 0 Å². The van der Waals surface area contributed by atoms with E-state index in [0.29, 0.717) is 0 Å². The Hall–Kier alpha value is -6.84. The first-order valence-corrected chi connectivity index (χ1v) is 23.8. The van der Waals surface area contributed by atoms with Gasteiger partial charge >= 0.3 is 0 Å². The summed E-state index contributed by atoms with van der Waals surface area (Å²) < 4.78 is 14.4. The van der Waals surface area contributed by atoms with Gasteiger partial charge in [0.15, 0.2) is 0 Å². The van der Waals surface area contributed by atoms with Crippen LogP contribution >= 0.6 is 22.7 Å². The summed E-state index contributed by atoms with van der Waals surface area (Å²) in [6.07, 6.45) is 4.32. The first-order chi connectivity index (χ1) is 31.7. The highest BCUT2D eigenvalue weighted by molar-refractivity contribution is 7.25. The lowest BCUT2D eigenvalue weighted by Crippen LogP contribution is -2.60. The maximum Gasteiger partial charge on any atom is 0.137 e. The molecule has 7 heteroatoms. The van der Waals surface area contributed by atoms with Crippen LogP contribution in [0.5, 0.6) is 0 Å². The average Bonchev–Trinajstić information content (AvgIpc) is 4.12. The number of hydrogen-bond acceptors (Lipinski definition) is 6. The summed E-state index contributed by atoms with van der Waals surface area (Å²) in [6.45, 7) is 0. The van der Waals surface area contributed by atoms with Crippen LogP contribution in [0.15, 0.2) is 180 Å². The molecule has 1 fully saturated rings. The number of aromatic nitrogens is 1. The average molecular weight is 861 g/mol. The number of fused-ring (bicyclic) bond motifs is 12. The summed E-state index contributed by atoms with van der Waals surface area (Å²) in [5, 5.41) is 22.1. The van der Waals surface area contributed by atoms with E-state index in [1.807, 2.05) is 22.7 Å². The van der Waals surface area contributed by atoms with Gasteiger partial charge in [-0.3, -0.25) is 16.0 Å². The molecule has 1 aliphatic heterocycles. The molecular formula is C57H40N4OS2. The molecule has 3 atom stereocenters. The monoisotopic (exact) mass is 860 g/mol. The van der Waals surface area contributed by atoms with Gasteiger partial charge in [0.2, 0.25) is 0 Å². The van der Waals surface area contributed by atoms with Crippen LogP contribution in [0.25, 0.3) is 102 Å². The largest absolute Gasteiger partial charge is 0.456 e. The first-order valence-electron chi connectivity index (χ1n) is 22.1. The standard InChI is InChI=1S/C57H40N4OS2/c1-2-11-33(12-3-1)55-58-56(36-22-26-43-42-15-6-9-19-50(42)64-53(43)31-36)60-57(59-55)44-16-10-20-52-54(44)45-29-34(23-28-51(45)63-52)35-21-25-40-41-27-24-37(32-49(41)62-48(40)30-35)61-46-17-7-4-13-38(46)39-14-5-8-18-47(39)61/h1-9,11-15,17-32,55-60H,10,16H2. The van der Waals surface area contributed by atoms with Crippen LogP contribution in [0, 0.1) is 0 Å². The van der Waals surface area contributed by atoms with Gasteiger partial charge < -0.3 is 8.98 Å². The second-order valence-electron chi connectivity index (χ2n) is 17.2. The lowest BCUT2D eigenvalue weighted by molar-refractivity contribution is 0.231. The highest BCUT2D eigenvalue weighted by atomic mass is 32.1. The Balaban J connectivity index is 0.858. The van der Waals surface area contributed by atoms with E-state index in [2.05, 4.69) is 203 Å².